The molecule has 7 nitrogen and oxygen atoms in total. The fourth-order valence-electron chi connectivity index (χ4n) is 1.52. The lowest BCUT2D eigenvalue weighted by molar-refractivity contribution is -0.136. The smallest absolute Gasteiger partial charge is 0.252 e. The van der Waals surface area contributed by atoms with E-state index in [9.17, 15) is 9.59 Å². The Hall–Kier alpha value is -1.70. The molecule has 0 bridgehead atoms. The monoisotopic (exact) mass is 299 g/mol. The molecule has 0 aromatic carbocycles. The van der Waals surface area contributed by atoms with Crippen LogP contribution in [0.1, 0.15) is 6.42 Å². The average Bonchev–Trinajstić information content (AvgIpc) is 2.45. The number of anilines is 2. The molecule has 1 fully saturated rings. The van der Waals surface area contributed by atoms with Gasteiger partial charge in [-0.3, -0.25) is 14.5 Å². The molecule has 90 valence electrons. The predicted molar refractivity (Wildman–Crippen MR) is 63.9 cm³/mol. The highest BCUT2D eigenvalue weighted by atomic mass is 79.9. The van der Waals surface area contributed by atoms with E-state index in [0.717, 1.165) is 4.90 Å². The number of hydrogen-bond acceptors (Lipinski definition) is 6. The fraction of sp³-hybridized carbons (Fsp3) is 0.333. The Balaban J connectivity index is 2.16. The highest BCUT2D eigenvalue weighted by Crippen LogP contribution is 2.17. The van der Waals surface area contributed by atoms with E-state index in [0.29, 0.717) is 4.60 Å². The first-order chi connectivity index (χ1) is 7.97. The van der Waals surface area contributed by atoms with Gasteiger partial charge in [-0.05, 0) is 15.9 Å². The number of carbonyl (C=O) groups is 2. The molecule has 2 heterocycles. The van der Waals surface area contributed by atoms with Gasteiger partial charge in [-0.15, -0.1) is 0 Å². The Morgan fingerprint density at radius 2 is 2.24 bits per heavy atom. The Labute approximate surface area is 106 Å². The third-order valence-electron chi connectivity index (χ3n) is 2.40. The fourth-order valence-corrected chi connectivity index (χ4v) is 1.93. The molecule has 1 aliphatic rings. The summed E-state index contributed by atoms with van der Waals surface area (Å²) in [6.45, 7) is 0. The van der Waals surface area contributed by atoms with E-state index in [-0.39, 0.29) is 30.0 Å². The predicted octanol–water partition coefficient (Wildman–Crippen LogP) is -0.00950. The maximum absolute atomic E-state index is 11.6. The van der Waals surface area contributed by atoms with Crippen LogP contribution in [0.2, 0.25) is 0 Å². The lowest BCUT2D eigenvalue weighted by atomic mass is 10.2. The van der Waals surface area contributed by atoms with Crippen LogP contribution in [0, 0.1) is 0 Å². The van der Waals surface area contributed by atoms with Crippen LogP contribution in [-0.4, -0.2) is 39.8 Å². The molecule has 1 unspecified atom stereocenters. The van der Waals surface area contributed by atoms with Crippen molar-refractivity contribution in [1.82, 2.24) is 14.9 Å². The molecule has 1 atom stereocenters. The van der Waals surface area contributed by atoms with Gasteiger partial charge in [-0.1, -0.05) is 0 Å². The molecule has 0 spiro atoms. The molecule has 0 saturated carbocycles. The Kier molecular flexibility index (Phi) is 2.97. The second-order valence-corrected chi connectivity index (χ2v) is 4.44. The molecule has 0 radical (unpaired) electrons. The third-order valence-corrected chi connectivity index (χ3v) is 2.81. The van der Waals surface area contributed by atoms with Crippen molar-refractivity contribution in [3.63, 3.8) is 0 Å². The first kappa shape index (κ1) is 11.8. The lowest BCUT2D eigenvalue weighted by Gasteiger charge is -2.11. The van der Waals surface area contributed by atoms with Crippen molar-refractivity contribution in [3.8, 4) is 0 Å². The Bertz CT molecular complexity index is 472. The molecule has 1 aromatic rings. The molecular weight excluding hydrogens is 290 g/mol. The van der Waals surface area contributed by atoms with E-state index in [4.69, 9.17) is 5.73 Å². The maximum Gasteiger partial charge on any atom is 0.252 e. The number of halogens is 1. The number of rotatable bonds is 2. The number of nitrogens with zero attached hydrogens (tertiary/aromatic N) is 3. The summed E-state index contributed by atoms with van der Waals surface area (Å²) in [6, 6.07) is 0.917. The number of likely N-dealkylation sites (N-methyl/N-ethyl adjacent to an activating group) is 1. The van der Waals surface area contributed by atoms with Gasteiger partial charge in [0, 0.05) is 13.1 Å². The van der Waals surface area contributed by atoms with Crippen LogP contribution in [0.25, 0.3) is 0 Å². The van der Waals surface area contributed by atoms with Crippen molar-refractivity contribution in [1.29, 1.82) is 0 Å². The largest absolute Gasteiger partial charge is 0.383 e. The lowest BCUT2D eigenvalue weighted by Crippen LogP contribution is -2.32. The molecule has 1 aliphatic heterocycles. The first-order valence-electron chi connectivity index (χ1n) is 4.84. The van der Waals surface area contributed by atoms with E-state index in [1.807, 2.05) is 0 Å². The van der Waals surface area contributed by atoms with Gasteiger partial charge in [-0.2, -0.15) is 4.98 Å². The summed E-state index contributed by atoms with van der Waals surface area (Å²) in [7, 11) is 1.45. The number of nitrogen functional groups attached to an aromatic ring is 1. The van der Waals surface area contributed by atoms with E-state index >= 15 is 0 Å². The number of carbonyl (C=O) groups excluding carboxylic acids is 2. The van der Waals surface area contributed by atoms with Crippen LogP contribution in [0.3, 0.4) is 0 Å². The van der Waals surface area contributed by atoms with Crippen molar-refractivity contribution in [2.45, 2.75) is 12.5 Å². The summed E-state index contributed by atoms with van der Waals surface area (Å²) in [5.74, 6) is -0.0227. The zero-order valence-corrected chi connectivity index (χ0v) is 10.6. The standard InChI is InChI=1S/C9H10BrN5O2/c1-15-7(16)2-4(8(15)17)12-9-13-5(10)3-6(11)14-9/h3-4H,2H2,1H3,(H3,11,12,13,14). The second kappa shape index (κ2) is 4.28. The molecule has 2 rings (SSSR count). The van der Waals surface area contributed by atoms with Crippen molar-refractivity contribution in [3.05, 3.63) is 10.7 Å². The number of hydrogen-bond donors (Lipinski definition) is 2. The Morgan fingerprint density at radius 1 is 1.53 bits per heavy atom. The van der Waals surface area contributed by atoms with Crippen LogP contribution in [0.15, 0.2) is 10.7 Å². The van der Waals surface area contributed by atoms with Crippen molar-refractivity contribution in [2.24, 2.45) is 0 Å². The van der Waals surface area contributed by atoms with Gasteiger partial charge in [0.2, 0.25) is 11.9 Å². The number of likely N-dealkylation sites (tertiary alicyclic amines) is 1. The highest BCUT2D eigenvalue weighted by molar-refractivity contribution is 9.10. The van der Waals surface area contributed by atoms with E-state index in [1.54, 1.807) is 6.07 Å². The molecule has 1 aromatic heterocycles. The molecule has 3 N–H and O–H groups in total. The molecule has 17 heavy (non-hydrogen) atoms. The summed E-state index contributed by atoms with van der Waals surface area (Å²) in [5, 5.41) is 2.79. The van der Waals surface area contributed by atoms with Gasteiger partial charge in [-0.25, -0.2) is 4.98 Å². The summed E-state index contributed by atoms with van der Waals surface area (Å²) < 4.78 is 0.512. The Morgan fingerprint density at radius 3 is 2.76 bits per heavy atom. The first-order valence-corrected chi connectivity index (χ1v) is 5.63. The van der Waals surface area contributed by atoms with Gasteiger partial charge in [0.05, 0.1) is 6.42 Å². The number of amides is 2. The van der Waals surface area contributed by atoms with Gasteiger partial charge >= 0.3 is 0 Å². The van der Waals surface area contributed by atoms with Crippen LogP contribution in [0.5, 0.6) is 0 Å². The minimum Gasteiger partial charge on any atom is -0.383 e. The topological polar surface area (TPSA) is 101 Å². The zero-order chi connectivity index (χ0) is 12.6. The maximum atomic E-state index is 11.6. The molecule has 1 saturated heterocycles. The molecule has 0 aliphatic carbocycles. The quantitative estimate of drug-likeness (QED) is 0.588. The molecular formula is C9H10BrN5O2. The van der Waals surface area contributed by atoms with Crippen LogP contribution < -0.4 is 11.1 Å². The van der Waals surface area contributed by atoms with E-state index in [1.165, 1.54) is 7.05 Å². The number of imide groups is 1. The summed E-state index contributed by atoms with van der Waals surface area (Å²) in [5.41, 5.74) is 5.54. The number of nitrogens with one attached hydrogen (secondary N) is 1. The summed E-state index contributed by atoms with van der Waals surface area (Å²) >= 11 is 3.17. The minimum absolute atomic E-state index is 0.102. The van der Waals surface area contributed by atoms with Gasteiger partial charge in [0.25, 0.3) is 5.91 Å². The third kappa shape index (κ3) is 2.36. The van der Waals surface area contributed by atoms with Gasteiger partial charge in [0.1, 0.15) is 16.5 Å². The van der Waals surface area contributed by atoms with Crippen molar-refractivity contribution < 1.29 is 9.59 Å². The molecule has 2 amide bonds. The van der Waals surface area contributed by atoms with Crippen LogP contribution >= 0.6 is 15.9 Å². The number of aromatic nitrogens is 2. The van der Waals surface area contributed by atoms with E-state index in [2.05, 4.69) is 31.2 Å². The van der Waals surface area contributed by atoms with Crippen LogP contribution in [0.4, 0.5) is 11.8 Å². The minimum atomic E-state index is -0.624. The molecule has 8 heteroatoms. The van der Waals surface area contributed by atoms with Crippen molar-refractivity contribution >= 4 is 39.5 Å². The van der Waals surface area contributed by atoms with Crippen LogP contribution in [-0.2, 0) is 9.59 Å². The average molecular weight is 300 g/mol. The summed E-state index contributed by atoms with van der Waals surface area (Å²) in [6.07, 6.45) is 0.102. The SMILES string of the molecule is CN1C(=O)CC(Nc2nc(N)cc(Br)n2)C1=O. The summed E-state index contributed by atoms with van der Waals surface area (Å²) in [4.78, 5) is 32.0. The van der Waals surface area contributed by atoms with Gasteiger partial charge < -0.3 is 11.1 Å². The van der Waals surface area contributed by atoms with Crippen molar-refractivity contribution in [2.75, 3.05) is 18.1 Å². The number of nitrogens with two attached hydrogens (primary N) is 1. The normalized spacial score (nSPS) is 19.9. The zero-order valence-electron chi connectivity index (χ0n) is 8.98. The van der Waals surface area contributed by atoms with E-state index < -0.39 is 6.04 Å². The van der Waals surface area contributed by atoms with Gasteiger partial charge in [0.15, 0.2) is 0 Å². The highest BCUT2D eigenvalue weighted by Gasteiger charge is 2.36. The second-order valence-electron chi connectivity index (χ2n) is 3.63.